The lowest BCUT2D eigenvalue weighted by Gasteiger charge is -2.15. The first kappa shape index (κ1) is 14.5. The molecule has 1 aromatic rings. The molecule has 18 heavy (non-hydrogen) atoms. The number of amides is 1. The van der Waals surface area contributed by atoms with Crippen molar-refractivity contribution in [3.63, 3.8) is 0 Å². The third-order valence-electron chi connectivity index (χ3n) is 2.54. The van der Waals surface area contributed by atoms with Crippen LogP contribution in [0.2, 0.25) is 0 Å². The summed E-state index contributed by atoms with van der Waals surface area (Å²) in [4.78, 5) is 10.5. The highest BCUT2D eigenvalue weighted by Gasteiger charge is 2.30. The number of alkyl halides is 3. The Morgan fingerprint density at radius 3 is 2.67 bits per heavy atom. The minimum absolute atomic E-state index is 0.156. The Morgan fingerprint density at radius 2 is 2.11 bits per heavy atom. The van der Waals surface area contributed by atoms with E-state index in [-0.39, 0.29) is 12.5 Å². The second-order valence-corrected chi connectivity index (χ2v) is 4.02. The van der Waals surface area contributed by atoms with Gasteiger partial charge in [-0.2, -0.15) is 13.2 Å². The van der Waals surface area contributed by atoms with Crippen LogP contribution in [0.1, 0.15) is 30.5 Å². The van der Waals surface area contributed by atoms with Crippen molar-refractivity contribution in [1.29, 1.82) is 0 Å². The molecule has 0 radical (unpaired) electrons. The van der Waals surface area contributed by atoms with E-state index in [1.807, 2.05) is 0 Å². The van der Waals surface area contributed by atoms with Crippen molar-refractivity contribution in [3.05, 3.63) is 35.4 Å². The maximum atomic E-state index is 12.5. The van der Waals surface area contributed by atoms with Gasteiger partial charge in [0.2, 0.25) is 5.91 Å². The fourth-order valence-electron chi connectivity index (χ4n) is 1.51. The largest absolute Gasteiger partial charge is 0.416 e. The molecular formula is C12H15F3N2O. The van der Waals surface area contributed by atoms with E-state index in [2.05, 4.69) is 5.32 Å². The molecule has 1 rings (SSSR count). The molecular weight excluding hydrogens is 245 g/mol. The van der Waals surface area contributed by atoms with Crippen LogP contribution in [0.25, 0.3) is 0 Å². The Bertz CT molecular complexity index is 418. The van der Waals surface area contributed by atoms with Crippen LogP contribution in [-0.4, -0.2) is 12.5 Å². The van der Waals surface area contributed by atoms with Gasteiger partial charge in [-0.05, 0) is 24.6 Å². The highest BCUT2D eigenvalue weighted by Crippen LogP contribution is 2.30. The van der Waals surface area contributed by atoms with Gasteiger partial charge in [0.25, 0.3) is 0 Å². The maximum Gasteiger partial charge on any atom is 0.416 e. The number of rotatable bonds is 5. The molecule has 0 aliphatic rings. The second-order valence-electron chi connectivity index (χ2n) is 4.02. The summed E-state index contributed by atoms with van der Waals surface area (Å²) in [6, 6.07) is 4.83. The van der Waals surface area contributed by atoms with Crippen LogP contribution in [0.5, 0.6) is 0 Å². The zero-order valence-corrected chi connectivity index (χ0v) is 9.92. The quantitative estimate of drug-likeness (QED) is 0.853. The number of carbonyl (C=O) groups is 1. The fraction of sp³-hybridized carbons (Fsp3) is 0.417. The summed E-state index contributed by atoms with van der Waals surface area (Å²) in [5.74, 6) is -0.446. The van der Waals surface area contributed by atoms with Gasteiger partial charge < -0.3 is 11.1 Å². The lowest BCUT2D eigenvalue weighted by Crippen LogP contribution is -2.24. The molecule has 6 heteroatoms. The summed E-state index contributed by atoms with van der Waals surface area (Å²) < 4.78 is 37.5. The molecule has 0 spiro atoms. The molecule has 0 bridgehead atoms. The molecule has 0 fully saturated rings. The minimum atomic E-state index is -4.34. The lowest BCUT2D eigenvalue weighted by molar-refractivity contribution is -0.137. The van der Waals surface area contributed by atoms with Crippen LogP contribution in [0, 0.1) is 0 Å². The topological polar surface area (TPSA) is 55.1 Å². The maximum absolute atomic E-state index is 12.5. The Morgan fingerprint density at radius 1 is 1.44 bits per heavy atom. The molecule has 0 saturated carbocycles. The van der Waals surface area contributed by atoms with E-state index < -0.39 is 17.6 Å². The van der Waals surface area contributed by atoms with Gasteiger partial charge in [0, 0.05) is 19.0 Å². The molecule has 100 valence electrons. The van der Waals surface area contributed by atoms with E-state index in [1.165, 1.54) is 6.07 Å². The molecule has 1 atom stereocenters. The lowest BCUT2D eigenvalue weighted by atomic mass is 10.0. The van der Waals surface area contributed by atoms with E-state index >= 15 is 0 Å². The summed E-state index contributed by atoms with van der Waals surface area (Å²) in [6.45, 7) is 2.07. The number of hydrogen-bond donors (Lipinski definition) is 2. The Kier molecular flexibility index (Phi) is 4.72. The van der Waals surface area contributed by atoms with Gasteiger partial charge in [-0.3, -0.25) is 4.79 Å². The van der Waals surface area contributed by atoms with Crippen LogP contribution in [0.3, 0.4) is 0 Å². The van der Waals surface area contributed by atoms with Crippen molar-refractivity contribution in [1.82, 2.24) is 5.32 Å². The number of benzene rings is 1. The predicted molar refractivity (Wildman–Crippen MR) is 61.7 cm³/mol. The monoisotopic (exact) mass is 260 g/mol. The molecule has 0 aromatic heterocycles. The van der Waals surface area contributed by atoms with E-state index in [0.717, 1.165) is 12.1 Å². The van der Waals surface area contributed by atoms with Crippen LogP contribution in [0.15, 0.2) is 24.3 Å². The first-order chi connectivity index (χ1) is 8.30. The molecule has 0 heterocycles. The van der Waals surface area contributed by atoms with Gasteiger partial charge in [0.15, 0.2) is 0 Å². The second kappa shape index (κ2) is 5.86. The first-order valence-electron chi connectivity index (χ1n) is 5.49. The van der Waals surface area contributed by atoms with Crippen molar-refractivity contribution in [2.75, 3.05) is 6.54 Å². The van der Waals surface area contributed by atoms with Gasteiger partial charge in [0.1, 0.15) is 0 Å². The highest BCUT2D eigenvalue weighted by atomic mass is 19.4. The van der Waals surface area contributed by atoms with Crippen molar-refractivity contribution in [2.24, 2.45) is 5.73 Å². The summed E-state index contributed by atoms with van der Waals surface area (Å²) in [7, 11) is 0. The fourth-order valence-corrected chi connectivity index (χ4v) is 1.51. The minimum Gasteiger partial charge on any atom is -0.370 e. The Balaban J connectivity index is 2.68. The first-order valence-corrected chi connectivity index (χ1v) is 5.49. The van der Waals surface area contributed by atoms with Crippen molar-refractivity contribution < 1.29 is 18.0 Å². The smallest absolute Gasteiger partial charge is 0.370 e. The zero-order valence-electron chi connectivity index (χ0n) is 9.92. The molecule has 0 aliphatic carbocycles. The van der Waals surface area contributed by atoms with E-state index in [9.17, 15) is 18.0 Å². The summed E-state index contributed by atoms with van der Waals surface area (Å²) >= 11 is 0. The number of carbonyl (C=O) groups excluding carboxylic acids is 1. The van der Waals surface area contributed by atoms with Crippen LogP contribution < -0.4 is 11.1 Å². The average molecular weight is 260 g/mol. The number of nitrogens with two attached hydrogens (primary N) is 1. The number of halogens is 3. The molecule has 0 saturated heterocycles. The van der Waals surface area contributed by atoms with E-state index in [1.54, 1.807) is 13.0 Å². The molecule has 3 nitrogen and oxygen atoms in total. The zero-order chi connectivity index (χ0) is 13.8. The molecule has 1 aromatic carbocycles. The van der Waals surface area contributed by atoms with Crippen molar-refractivity contribution in [3.8, 4) is 0 Å². The van der Waals surface area contributed by atoms with Crippen LogP contribution >= 0.6 is 0 Å². The van der Waals surface area contributed by atoms with Gasteiger partial charge in [-0.1, -0.05) is 12.1 Å². The average Bonchev–Trinajstić information content (AvgIpc) is 2.27. The number of primary amides is 1. The third kappa shape index (κ3) is 4.37. The summed E-state index contributed by atoms with van der Waals surface area (Å²) in [6.07, 6.45) is -4.19. The highest BCUT2D eigenvalue weighted by molar-refractivity contribution is 5.73. The molecule has 0 aliphatic heterocycles. The molecule has 1 amide bonds. The van der Waals surface area contributed by atoms with Crippen molar-refractivity contribution >= 4 is 5.91 Å². The van der Waals surface area contributed by atoms with Crippen LogP contribution in [0.4, 0.5) is 13.2 Å². The summed E-state index contributed by atoms with van der Waals surface area (Å²) in [5, 5.41) is 2.94. The number of hydrogen-bond acceptors (Lipinski definition) is 2. The Hall–Kier alpha value is -1.56. The standard InChI is InChI=1S/C12H15F3N2O/c1-8(17-6-5-11(16)18)9-3-2-4-10(7-9)12(13,14)15/h2-4,7-8,17H,5-6H2,1H3,(H2,16,18). The van der Waals surface area contributed by atoms with Crippen molar-refractivity contribution in [2.45, 2.75) is 25.6 Å². The normalized spacial score (nSPS) is 13.3. The summed E-state index contributed by atoms with van der Waals surface area (Å²) in [5.41, 5.74) is 4.82. The number of nitrogens with one attached hydrogen (secondary N) is 1. The van der Waals surface area contributed by atoms with E-state index in [0.29, 0.717) is 12.1 Å². The Labute approximate surface area is 103 Å². The SMILES string of the molecule is CC(NCCC(N)=O)c1cccc(C(F)(F)F)c1. The van der Waals surface area contributed by atoms with Gasteiger partial charge in [-0.15, -0.1) is 0 Å². The van der Waals surface area contributed by atoms with E-state index in [4.69, 9.17) is 5.73 Å². The van der Waals surface area contributed by atoms with Crippen LogP contribution in [-0.2, 0) is 11.0 Å². The third-order valence-corrected chi connectivity index (χ3v) is 2.54. The molecule has 1 unspecified atom stereocenters. The van der Waals surface area contributed by atoms with Gasteiger partial charge in [0.05, 0.1) is 5.56 Å². The van der Waals surface area contributed by atoms with Gasteiger partial charge in [-0.25, -0.2) is 0 Å². The van der Waals surface area contributed by atoms with Gasteiger partial charge >= 0.3 is 6.18 Å². The predicted octanol–water partition coefficient (Wildman–Crippen LogP) is 2.23. The molecule has 3 N–H and O–H groups in total.